The third kappa shape index (κ3) is 2.74. The molecule has 4 atom stereocenters. The first-order valence-corrected chi connectivity index (χ1v) is 10.6. The summed E-state index contributed by atoms with van der Waals surface area (Å²) >= 11 is 0. The second-order valence-electron chi connectivity index (χ2n) is 8.46. The highest BCUT2D eigenvalue weighted by molar-refractivity contribution is 6.12. The number of para-hydroxylation sites is 1. The van der Waals surface area contributed by atoms with E-state index in [9.17, 15) is 9.18 Å². The number of fused-ring (bicyclic) bond motifs is 3. The van der Waals surface area contributed by atoms with Gasteiger partial charge in [0.15, 0.2) is 6.04 Å². The molecular weight excluding hydrogens is 405 g/mol. The summed E-state index contributed by atoms with van der Waals surface area (Å²) in [7, 11) is 0. The lowest BCUT2D eigenvalue weighted by Gasteiger charge is -2.45. The van der Waals surface area contributed by atoms with Gasteiger partial charge in [-0.25, -0.2) is 4.39 Å². The summed E-state index contributed by atoms with van der Waals surface area (Å²) in [6, 6.07) is 3.31. The van der Waals surface area contributed by atoms with E-state index < -0.39 is 23.6 Å². The summed E-state index contributed by atoms with van der Waals surface area (Å²) < 4.78 is 32.1. The zero-order valence-corrected chi connectivity index (χ0v) is 17.0. The van der Waals surface area contributed by atoms with Crippen molar-refractivity contribution in [3.8, 4) is 0 Å². The van der Waals surface area contributed by atoms with Gasteiger partial charge in [0.25, 0.3) is 11.8 Å². The number of ether oxygens (including phenoxy) is 2. The van der Waals surface area contributed by atoms with Crippen LogP contribution in [0.25, 0.3) is 0 Å². The maximum Gasteiger partial charge on any atom is 0.255 e. The topological polar surface area (TPSA) is 93.3 Å². The second-order valence-corrected chi connectivity index (χ2v) is 8.46. The van der Waals surface area contributed by atoms with Crippen molar-refractivity contribution in [1.29, 1.82) is 0 Å². The number of amides is 1. The van der Waals surface area contributed by atoms with Crippen LogP contribution in [0.3, 0.4) is 0 Å². The molecule has 0 saturated carbocycles. The highest BCUT2D eigenvalue weighted by Gasteiger charge is 2.54. The Balaban J connectivity index is 1.41. The standard InChI is InChI=1S/C21H22FN5O4/c1-21(8-4-10-30-21)27-16-12(22)5-2-6-13(16)26-11-23-15(17(26)20(27)28)19-24-18(25-31-19)14-7-3-9-29-14/h2,5-6,11,14-15,17H,3-4,7-10H2,1H3. The van der Waals surface area contributed by atoms with Gasteiger partial charge in [-0.3, -0.25) is 14.7 Å². The molecule has 4 aliphatic rings. The van der Waals surface area contributed by atoms with Crippen molar-refractivity contribution >= 4 is 23.6 Å². The molecule has 1 amide bonds. The van der Waals surface area contributed by atoms with Crippen molar-refractivity contribution in [2.24, 2.45) is 4.99 Å². The number of carbonyl (C=O) groups is 1. The third-order valence-electron chi connectivity index (χ3n) is 6.49. The summed E-state index contributed by atoms with van der Waals surface area (Å²) in [6.07, 6.45) is 4.55. The van der Waals surface area contributed by atoms with Crippen molar-refractivity contribution in [2.75, 3.05) is 23.0 Å². The van der Waals surface area contributed by atoms with Gasteiger partial charge in [0.1, 0.15) is 29.4 Å². The minimum Gasteiger partial charge on any atom is -0.370 e. The number of hydrogen-bond acceptors (Lipinski definition) is 8. The van der Waals surface area contributed by atoms with Gasteiger partial charge in [0.05, 0.1) is 12.0 Å². The van der Waals surface area contributed by atoms with Crippen LogP contribution in [-0.2, 0) is 14.3 Å². The number of halogens is 1. The zero-order chi connectivity index (χ0) is 21.2. The zero-order valence-electron chi connectivity index (χ0n) is 17.0. The Bertz CT molecular complexity index is 1060. The average Bonchev–Trinajstić information content (AvgIpc) is 3.54. The van der Waals surface area contributed by atoms with Crippen LogP contribution >= 0.6 is 0 Å². The highest BCUT2D eigenvalue weighted by atomic mass is 19.1. The number of anilines is 2. The summed E-state index contributed by atoms with van der Waals surface area (Å²) in [5.74, 6) is -0.0589. The SMILES string of the molecule is CC1(N2C(=O)C3C(c4nc(C5CCCO5)no4)N=CN3c3cccc(F)c32)CCCO1. The van der Waals surface area contributed by atoms with E-state index in [1.54, 1.807) is 23.4 Å². The predicted molar refractivity (Wildman–Crippen MR) is 107 cm³/mol. The molecule has 4 aliphatic heterocycles. The maximum absolute atomic E-state index is 15.0. The van der Waals surface area contributed by atoms with E-state index in [1.807, 2.05) is 6.92 Å². The fourth-order valence-corrected chi connectivity index (χ4v) is 4.98. The Morgan fingerprint density at radius 3 is 2.94 bits per heavy atom. The Morgan fingerprint density at radius 2 is 2.16 bits per heavy atom. The third-order valence-corrected chi connectivity index (χ3v) is 6.49. The maximum atomic E-state index is 15.0. The molecule has 0 bridgehead atoms. The van der Waals surface area contributed by atoms with Crippen LogP contribution in [0, 0.1) is 5.82 Å². The molecule has 6 rings (SSSR count). The molecule has 162 valence electrons. The molecule has 0 spiro atoms. The van der Waals surface area contributed by atoms with E-state index in [2.05, 4.69) is 15.1 Å². The number of hydrogen-bond donors (Lipinski definition) is 0. The fourth-order valence-electron chi connectivity index (χ4n) is 4.98. The van der Waals surface area contributed by atoms with E-state index in [-0.39, 0.29) is 23.6 Å². The van der Waals surface area contributed by atoms with Gasteiger partial charge >= 0.3 is 0 Å². The Labute approximate surface area is 177 Å². The summed E-state index contributed by atoms with van der Waals surface area (Å²) in [5.41, 5.74) is -0.150. The highest BCUT2D eigenvalue weighted by Crippen LogP contribution is 2.48. The molecule has 1 aromatic carbocycles. The van der Waals surface area contributed by atoms with Crippen LogP contribution in [0.15, 0.2) is 27.7 Å². The lowest BCUT2D eigenvalue weighted by Crippen LogP contribution is -2.60. The van der Waals surface area contributed by atoms with Crippen molar-refractivity contribution in [2.45, 2.75) is 56.5 Å². The molecule has 5 heterocycles. The van der Waals surface area contributed by atoms with E-state index in [0.717, 1.165) is 19.3 Å². The number of rotatable bonds is 3. The molecule has 10 heteroatoms. The van der Waals surface area contributed by atoms with Crippen LogP contribution in [0.5, 0.6) is 0 Å². The molecule has 31 heavy (non-hydrogen) atoms. The molecule has 2 aromatic rings. The fraction of sp³-hybridized carbons (Fsp3) is 0.524. The first-order chi connectivity index (χ1) is 15.1. The van der Waals surface area contributed by atoms with Gasteiger partial charge in [0, 0.05) is 13.2 Å². The number of benzene rings is 1. The van der Waals surface area contributed by atoms with Crippen LogP contribution in [0.1, 0.15) is 56.5 Å². The van der Waals surface area contributed by atoms with Crippen molar-refractivity contribution in [3.05, 3.63) is 35.7 Å². The molecule has 0 radical (unpaired) electrons. The lowest BCUT2D eigenvalue weighted by molar-refractivity contribution is -0.125. The monoisotopic (exact) mass is 427 g/mol. The van der Waals surface area contributed by atoms with Gasteiger partial charge < -0.3 is 18.9 Å². The molecule has 1 aromatic heterocycles. The molecule has 2 saturated heterocycles. The minimum absolute atomic E-state index is 0.196. The van der Waals surface area contributed by atoms with Gasteiger partial charge in [0.2, 0.25) is 5.82 Å². The number of carbonyl (C=O) groups excluding carboxylic acids is 1. The molecule has 9 nitrogen and oxygen atoms in total. The van der Waals surface area contributed by atoms with E-state index >= 15 is 0 Å². The van der Waals surface area contributed by atoms with Crippen LogP contribution in [-0.4, -0.2) is 47.4 Å². The summed E-state index contributed by atoms with van der Waals surface area (Å²) in [6.45, 7) is 3.02. The number of aliphatic imine (C=N–C) groups is 1. The average molecular weight is 427 g/mol. The van der Waals surface area contributed by atoms with E-state index in [1.165, 1.54) is 11.0 Å². The normalized spacial score (nSPS) is 32.1. The molecule has 2 fully saturated rings. The first kappa shape index (κ1) is 18.9. The van der Waals surface area contributed by atoms with Crippen LogP contribution in [0.2, 0.25) is 0 Å². The van der Waals surface area contributed by atoms with Crippen molar-refractivity contribution in [1.82, 2.24) is 10.1 Å². The van der Waals surface area contributed by atoms with Crippen LogP contribution in [0.4, 0.5) is 15.8 Å². The number of nitrogens with zero attached hydrogens (tertiary/aromatic N) is 5. The molecule has 0 aliphatic carbocycles. The minimum atomic E-state index is -0.926. The Hall–Kier alpha value is -2.85. The first-order valence-electron chi connectivity index (χ1n) is 10.6. The predicted octanol–water partition coefficient (Wildman–Crippen LogP) is 2.89. The Kier molecular flexibility index (Phi) is 4.16. The second kappa shape index (κ2) is 6.83. The van der Waals surface area contributed by atoms with Crippen molar-refractivity contribution in [3.63, 3.8) is 0 Å². The Morgan fingerprint density at radius 1 is 1.26 bits per heavy atom. The van der Waals surface area contributed by atoms with Gasteiger partial charge in [-0.05, 0) is 44.7 Å². The molecule has 4 unspecified atom stereocenters. The van der Waals surface area contributed by atoms with E-state index in [0.29, 0.717) is 31.1 Å². The summed E-state index contributed by atoms with van der Waals surface area (Å²) in [5, 5.41) is 4.06. The van der Waals surface area contributed by atoms with Gasteiger partial charge in [-0.1, -0.05) is 11.2 Å². The lowest BCUT2D eigenvalue weighted by atomic mass is 9.97. The summed E-state index contributed by atoms with van der Waals surface area (Å²) in [4.78, 5) is 26.0. The smallest absolute Gasteiger partial charge is 0.255 e. The van der Waals surface area contributed by atoms with E-state index in [4.69, 9.17) is 14.0 Å². The largest absolute Gasteiger partial charge is 0.370 e. The van der Waals surface area contributed by atoms with Gasteiger partial charge in [-0.2, -0.15) is 4.98 Å². The van der Waals surface area contributed by atoms with Crippen molar-refractivity contribution < 1.29 is 23.2 Å². The number of aromatic nitrogens is 2. The quantitative estimate of drug-likeness (QED) is 0.744. The molecule has 0 N–H and O–H groups in total. The molecular formula is C21H22FN5O4. The van der Waals surface area contributed by atoms with Gasteiger partial charge in [-0.15, -0.1) is 0 Å². The van der Waals surface area contributed by atoms with Crippen LogP contribution < -0.4 is 9.80 Å².